The highest BCUT2D eigenvalue weighted by Crippen LogP contribution is 2.35. The number of benzene rings is 4. The topological polar surface area (TPSA) is 55.1 Å². The van der Waals surface area contributed by atoms with Gasteiger partial charge in [-0.1, -0.05) is 72.8 Å². The van der Waals surface area contributed by atoms with E-state index in [-0.39, 0.29) is 0 Å². The molecule has 0 saturated heterocycles. The van der Waals surface area contributed by atoms with E-state index in [0.717, 1.165) is 46.4 Å². The van der Waals surface area contributed by atoms with Gasteiger partial charge in [0.15, 0.2) is 0 Å². The second-order valence-corrected chi connectivity index (χ2v) is 9.82. The number of imidazole rings is 1. The molecule has 4 heteroatoms. The molecule has 0 spiro atoms. The Morgan fingerprint density at radius 1 is 0.865 bits per heavy atom. The zero-order valence-electron chi connectivity index (χ0n) is 21.0. The van der Waals surface area contributed by atoms with Crippen LogP contribution < -0.4 is 0 Å². The number of carboxylic acids is 1. The van der Waals surface area contributed by atoms with Gasteiger partial charge in [0, 0.05) is 12.6 Å². The van der Waals surface area contributed by atoms with Crippen LogP contribution in [0.25, 0.3) is 27.7 Å². The molecule has 0 bridgehead atoms. The summed E-state index contributed by atoms with van der Waals surface area (Å²) in [5.41, 5.74) is 12.1. The van der Waals surface area contributed by atoms with Gasteiger partial charge in [0.2, 0.25) is 0 Å². The maximum Gasteiger partial charge on any atom is 0.328 e. The largest absolute Gasteiger partial charge is 0.478 e. The summed E-state index contributed by atoms with van der Waals surface area (Å²) in [5.74, 6) is 0.0592. The number of hydrogen-bond acceptors (Lipinski definition) is 2. The third-order valence-corrected chi connectivity index (χ3v) is 7.38. The highest BCUT2D eigenvalue weighted by molar-refractivity contribution is 5.97. The Labute approximate surface area is 216 Å². The number of rotatable bonds is 4. The normalized spacial score (nSPS) is 13.8. The Bertz CT molecular complexity index is 1690. The smallest absolute Gasteiger partial charge is 0.328 e. The van der Waals surface area contributed by atoms with Crippen LogP contribution in [-0.2, 0) is 24.2 Å². The molecule has 4 aromatic carbocycles. The van der Waals surface area contributed by atoms with Crippen molar-refractivity contribution >= 4 is 22.6 Å². The van der Waals surface area contributed by atoms with Crippen molar-refractivity contribution in [3.63, 3.8) is 0 Å². The first-order chi connectivity index (χ1) is 18.0. The summed E-state index contributed by atoms with van der Waals surface area (Å²) in [6.45, 7) is 4.90. The van der Waals surface area contributed by atoms with Gasteiger partial charge in [0.1, 0.15) is 5.82 Å². The number of nitrogens with zero attached hydrogens (tertiary/aromatic N) is 2. The quantitative estimate of drug-likeness (QED) is 0.280. The minimum atomic E-state index is -0.924. The van der Waals surface area contributed by atoms with Gasteiger partial charge in [-0.15, -0.1) is 0 Å². The van der Waals surface area contributed by atoms with Crippen molar-refractivity contribution in [3.8, 4) is 11.1 Å². The maximum atomic E-state index is 11.7. The molecule has 1 aliphatic carbocycles. The SMILES string of the molecule is Cc1cc(-c2ccccc2)cc2c1nc(C)n2Cc1ccc2c(c1)CCc1ccccc1C2=CC(=O)O. The highest BCUT2D eigenvalue weighted by Gasteiger charge is 2.20. The van der Waals surface area contributed by atoms with Crippen molar-refractivity contribution in [2.24, 2.45) is 0 Å². The van der Waals surface area contributed by atoms with Crippen LogP contribution in [0, 0.1) is 13.8 Å². The van der Waals surface area contributed by atoms with Crippen molar-refractivity contribution < 1.29 is 9.90 Å². The summed E-state index contributed by atoms with van der Waals surface area (Å²) in [7, 11) is 0. The van der Waals surface area contributed by atoms with Crippen LogP contribution >= 0.6 is 0 Å². The van der Waals surface area contributed by atoms with E-state index < -0.39 is 5.97 Å². The average molecular weight is 485 g/mol. The van der Waals surface area contributed by atoms with Crippen LogP contribution in [0.2, 0.25) is 0 Å². The monoisotopic (exact) mass is 484 g/mol. The van der Waals surface area contributed by atoms with Gasteiger partial charge in [0.05, 0.1) is 11.0 Å². The minimum absolute atomic E-state index is 0.707. The minimum Gasteiger partial charge on any atom is -0.478 e. The van der Waals surface area contributed by atoms with Crippen molar-refractivity contribution in [2.45, 2.75) is 33.2 Å². The third kappa shape index (κ3) is 4.25. The summed E-state index contributed by atoms with van der Waals surface area (Å²) >= 11 is 0. The fourth-order valence-corrected chi connectivity index (χ4v) is 5.60. The predicted molar refractivity (Wildman–Crippen MR) is 149 cm³/mol. The van der Waals surface area contributed by atoms with Crippen LogP contribution in [0.1, 0.15) is 39.2 Å². The lowest BCUT2D eigenvalue weighted by atomic mass is 9.92. The molecule has 1 N–H and O–H groups in total. The molecular weight excluding hydrogens is 456 g/mol. The van der Waals surface area contributed by atoms with Gasteiger partial charge >= 0.3 is 5.97 Å². The molecule has 0 amide bonds. The fourth-order valence-electron chi connectivity index (χ4n) is 5.60. The molecule has 1 aliphatic rings. The number of hydrogen-bond donors (Lipinski definition) is 1. The molecule has 1 heterocycles. The second kappa shape index (κ2) is 9.21. The maximum absolute atomic E-state index is 11.7. The first-order valence-electron chi connectivity index (χ1n) is 12.7. The predicted octanol–water partition coefficient (Wildman–Crippen LogP) is 6.98. The Morgan fingerprint density at radius 2 is 1.59 bits per heavy atom. The lowest BCUT2D eigenvalue weighted by Gasteiger charge is -2.14. The second-order valence-electron chi connectivity index (χ2n) is 9.82. The van der Waals surface area contributed by atoms with E-state index in [9.17, 15) is 9.90 Å². The van der Waals surface area contributed by atoms with E-state index in [4.69, 9.17) is 4.98 Å². The van der Waals surface area contributed by atoms with Crippen molar-refractivity contribution in [3.05, 3.63) is 130 Å². The molecule has 5 aromatic rings. The van der Waals surface area contributed by atoms with Gasteiger partial charge in [-0.05, 0) is 88.9 Å². The van der Waals surface area contributed by atoms with Crippen LogP contribution in [0.3, 0.4) is 0 Å². The zero-order chi connectivity index (χ0) is 25.5. The van der Waals surface area contributed by atoms with Crippen molar-refractivity contribution in [1.82, 2.24) is 9.55 Å². The van der Waals surface area contributed by atoms with Gasteiger partial charge in [0.25, 0.3) is 0 Å². The van der Waals surface area contributed by atoms with Crippen LogP contribution in [0.5, 0.6) is 0 Å². The van der Waals surface area contributed by atoms with E-state index in [1.807, 2.05) is 24.3 Å². The molecule has 0 aliphatic heterocycles. The first-order valence-corrected chi connectivity index (χ1v) is 12.7. The fraction of sp³-hybridized carbons (Fsp3) is 0.152. The number of fused-ring (bicyclic) bond motifs is 3. The molecule has 0 fully saturated rings. The van der Waals surface area contributed by atoms with Crippen LogP contribution in [0.4, 0.5) is 0 Å². The molecule has 37 heavy (non-hydrogen) atoms. The third-order valence-electron chi connectivity index (χ3n) is 7.38. The molecule has 0 radical (unpaired) electrons. The van der Waals surface area contributed by atoms with Crippen molar-refractivity contribution in [2.75, 3.05) is 0 Å². The van der Waals surface area contributed by atoms with E-state index in [2.05, 4.69) is 79.1 Å². The van der Waals surface area contributed by atoms with Gasteiger partial charge in [-0.3, -0.25) is 0 Å². The van der Waals surface area contributed by atoms with Crippen molar-refractivity contribution in [1.29, 1.82) is 0 Å². The van der Waals surface area contributed by atoms with Gasteiger partial charge in [-0.25, -0.2) is 9.78 Å². The molecule has 4 nitrogen and oxygen atoms in total. The molecule has 1 aromatic heterocycles. The summed E-state index contributed by atoms with van der Waals surface area (Å²) in [4.78, 5) is 16.6. The van der Waals surface area contributed by atoms with E-state index in [0.29, 0.717) is 6.54 Å². The van der Waals surface area contributed by atoms with E-state index >= 15 is 0 Å². The molecule has 0 atom stereocenters. The lowest BCUT2D eigenvalue weighted by Crippen LogP contribution is -2.04. The number of carboxylic acid groups (broad SMARTS) is 1. The van der Waals surface area contributed by atoms with Crippen LogP contribution in [-0.4, -0.2) is 20.6 Å². The first kappa shape index (κ1) is 23.0. The molecule has 182 valence electrons. The molecular formula is C33H28N2O2. The summed E-state index contributed by atoms with van der Waals surface area (Å²) in [6, 6.07) is 29.5. The summed E-state index contributed by atoms with van der Waals surface area (Å²) in [6.07, 6.45) is 3.11. The zero-order valence-corrected chi connectivity index (χ0v) is 21.0. The number of aryl methyl sites for hydroxylation is 4. The Balaban J connectivity index is 1.42. The molecule has 0 saturated carbocycles. The summed E-state index contributed by atoms with van der Waals surface area (Å²) in [5, 5.41) is 9.61. The van der Waals surface area contributed by atoms with Gasteiger partial charge in [-0.2, -0.15) is 0 Å². The van der Waals surface area contributed by atoms with Gasteiger partial charge < -0.3 is 9.67 Å². The number of aliphatic carboxylic acids is 1. The number of aromatic nitrogens is 2. The standard InChI is InChI=1S/C33H28N2O2/c1-21-16-27(24-8-4-3-5-9-24)18-31-33(21)34-22(2)35(31)20-23-12-15-29-26(17-23)14-13-25-10-6-7-11-28(25)30(29)19-32(36)37/h3-12,15-19H,13-14,20H2,1-2H3,(H,36,37). The Kier molecular flexibility index (Phi) is 5.72. The van der Waals surface area contributed by atoms with E-state index in [1.165, 1.54) is 39.5 Å². The Hall–Kier alpha value is -4.44. The Morgan fingerprint density at radius 3 is 2.41 bits per heavy atom. The highest BCUT2D eigenvalue weighted by atomic mass is 16.4. The van der Waals surface area contributed by atoms with E-state index in [1.54, 1.807) is 0 Å². The lowest BCUT2D eigenvalue weighted by molar-refractivity contribution is -0.131. The average Bonchev–Trinajstić information content (AvgIpc) is 3.13. The molecule has 6 rings (SSSR count). The molecule has 0 unspecified atom stereocenters. The number of carbonyl (C=O) groups is 1. The summed E-state index contributed by atoms with van der Waals surface area (Å²) < 4.78 is 2.29. The van der Waals surface area contributed by atoms with Crippen LogP contribution in [0.15, 0.2) is 91.0 Å².